The number of hydrogen-bond acceptors (Lipinski definition) is 3. The number of ether oxygens (including phenoxy) is 1. The van der Waals surface area contributed by atoms with Gasteiger partial charge in [-0.15, -0.1) is 0 Å². The Morgan fingerprint density at radius 3 is 2.48 bits per heavy atom. The van der Waals surface area contributed by atoms with Gasteiger partial charge in [0.1, 0.15) is 5.75 Å². The molecule has 0 bridgehead atoms. The first-order chi connectivity index (χ1) is 10.7. The Balaban J connectivity index is 2.86. The van der Waals surface area contributed by atoms with Crippen LogP contribution in [-0.4, -0.2) is 45.1 Å². The molecule has 4 nitrogen and oxygen atoms in total. The molecule has 0 atom stereocenters. The van der Waals surface area contributed by atoms with Gasteiger partial charge in [-0.25, -0.2) is 0 Å². The minimum absolute atomic E-state index is 0.0136. The van der Waals surface area contributed by atoms with Crippen molar-refractivity contribution in [2.75, 3.05) is 34.3 Å². The average Bonchev–Trinajstić information content (AvgIpc) is 2.48. The zero-order chi connectivity index (χ0) is 17.6. The van der Waals surface area contributed by atoms with E-state index in [0.29, 0.717) is 6.42 Å². The molecule has 0 saturated heterocycles. The Hall–Kier alpha value is -1.55. The van der Waals surface area contributed by atoms with E-state index in [0.717, 1.165) is 30.8 Å². The lowest BCUT2D eigenvalue weighted by Crippen LogP contribution is -2.32. The number of methoxy groups -OCH3 is 1. The molecule has 23 heavy (non-hydrogen) atoms. The second-order valence-corrected chi connectivity index (χ2v) is 7.16. The number of nitrogens with zero attached hydrogens (tertiary/aromatic N) is 1. The molecule has 1 aromatic rings. The maximum Gasteiger partial charge on any atom is 0.222 e. The van der Waals surface area contributed by atoms with Crippen LogP contribution in [0.15, 0.2) is 12.1 Å². The first-order valence-corrected chi connectivity index (χ1v) is 8.27. The summed E-state index contributed by atoms with van der Waals surface area (Å²) >= 11 is 0. The van der Waals surface area contributed by atoms with Crippen molar-refractivity contribution in [1.82, 2.24) is 10.2 Å². The Morgan fingerprint density at radius 1 is 1.30 bits per heavy atom. The molecule has 1 rings (SSSR count). The van der Waals surface area contributed by atoms with E-state index in [4.69, 9.17) is 4.74 Å². The van der Waals surface area contributed by atoms with Crippen molar-refractivity contribution in [2.24, 2.45) is 0 Å². The van der Waals surface area contributed by atoms with Crippen LogP contribution in [0.5, 0.6) is 5.75 Å². The van der Waals surface area contributed by atoms with Crippen molar-refractivity contribution in [2.45, 2.75) is 46.0 Å². The molecule has 0 aromatic heterocycles. The molecular weight excluding hydrogens is 288 g/mol. The molecule has 0 aliphatic heterocycles. The molecule has 0 unspecified atom stereocenters. The van der Waals surface area contributed by atoms with E-state index in [1.807, 2.05) is 14.1 Å². The molecule has 130 valence electrons. The van der Waals surface area contributed by atoms with Gasteiger partial charge in [-0.3, -0.25) is 4.79 Å². The molecular formula is C19H32N2O2. The molecule has 0 aliphatic carbocycles. The highest BCUT2D eigenvalue weighted by atomic mass is 16.5. The number of hydrogen-bond donors (Lipinski definition) is 1. The molecule has 0 aliphatic rings. The first-order valence-electron chi connectivity index (χ1n) is 8.27. The summed E-state index contributed by atoms with van der Waals surface area (Å²) in [6.07, 6.45) is 1.30. The van der Waals surface area contributed by atoms with Crippen LogP contribution in [0.3, 0.4) is 0 Å². The Bertz CT molecular complexity index is 533. The van der Waals surface area contributed by atoms with Gasteiger partial charge in [0.15, 0.2) is 0 Å². The molecule has 4 heteroatoms. The van der Waals surface area contributed by atoms with Crippen molar-refractivity contribution in [1.29, 1.82) is 0 Å². The zero-order valence-corrected chi connectivity index (χ0v) is 15.7. The molecule has 1 amide bonds. The van der Waals surface area contributed by atoms with Crippen molar-refractivity contribution >= 4 is 5.91 Å². The first kappa shape index (κ1) is 19.5. The molecule has 1 aromatic carbocycles. The number of carbonyl (C=O) groups excluding carboxylic acids is 1. The lowest BCUT2D eigenvalue weighted by Gasteiger charge is -2.24. The Labute approximate surface area is 141 Å². The van der Waals surface area contributed by atoms with E-state index in [-0.39, 0.29) is 11.3 Å². The van der Waals surface area contributed by atoms with Crippen LogP contribution in [0, 0.1) is 6.92 Å². The number of rotatable bonds is 7. The van der Waals surface area contributed by atoms with Gasteiger partial charge < -0.3 is 15.0 Å². The van der Waals surface area contributed by atoms with E-state index in [1.54, 1.807) is 12.0 Å². The van der Waals surface area contributed by atoms with Crippen molar-refractivity contribution in [3.05, 3.63) is 28.8 Å². The lowest BCUT2D eigenvalue weighted by molar-refractivity contribution is -0.129. The summed E-state index contributed by atoms with van der Waals surface area (Å²) in [5, 5.41) is 3.06. The highest BCUT2D eigenvalue weighted by molar-refractivity contribution is 5.76. The van der Waals surface area contributed by atoms with E-state index < -0.39 is 0 Å². The van der Waals surface area contributed by atoms with Gasteiger partial charge in [0.05, 0.1) is 7.11 Å². The minimum Gasteiger partial charge on any atom is -0.496 e. The van der Waals surface area contributed by atoms with Gasteiger partial charge in [0.25, 0.3) is 0 Å². The number of aryl methyl sites for hydroxylation is 2. The number of carbonyl (C=O) groups is 1. The monoisotopic (exact) mass is 320 g/mol. The SMILES string of the molecule is CNCCN(C)C(=O)CCc1cc(C)c(OC)c(C(C)(C)C)c1. The maximum atomic E-state index is 12.2. The Kier molecular flexibility index (Phi) is 7.07. The van der Waals surface area contributed by atoms with Crippen LogP contribution in [0.4, 0.5) is 0 Å². The van der Waals surface area contributed by atoms with E-state index in [1.165, 1.54) is 11.1 Å². The second-order valence-electron chi connectivity index (χ2n) is 7.16. The molecule has 0 heterocycles. The van der Waals surface area contributed by atoms with Crippen LogP contribution in [0.2, 0.25) is 0 Å². The average molecular weight is 320 g/mol. The van der Waals surface area contributed by atoms with Gasteiger partial charge in [0.2, 0.25) is 5.91 Å². The van der Waals surface area contributed by atoms with Gasteiger partial charge >= 0.3 is 0 Å². The summed E-state index contributed by atoms with van der Waals surface area (Å²) in [5.74, 6) is 1.14. The third-order valence-corrected chi connectivity index (χ3v) is 4.10. The number of benzene rings is 1. The third-order valence-electron chi connectivity index (χ3n) is 4.10. The fourth-order valence-electron chi connectivity index (χ4n) is 2.67. The Morgan fingerprint density at radius 2 is 1.96 bits per heavy atom. The number of nitrogens with one attached hydrogen (secondary N) is 1. The largest absolute Gasteiger partial charge is 0.496 e. The van der Waals surface area contributed by atoms with Crippen LogP contribution < -0.4 is 10.1 Å². The van der Waals surface area contributed by atoms with Gasteiger partial charge in [-0.05, 0) is 36.9 Å². The quantitative estimate of drug-likeness (QED) is 0.840. The standard InChI is InChI=1S/C19H32N2O2/c1-14-12-15(8-9-17(22)21(6)11-10-20-5)13-16(18(14)23-7)19(2,3)4/h12-13,20H,8-11H2,1-7H3. The van der Waals surface area contributed by atoms with E-state index >= 15 is 0 Å². The van der Waals surface area contributed by atoms with Crippen LogP contribution in [0.1, 0.15) is 43.9 Å². The lowest BCUT2D eigenvalue weighted by atomic mass is 9.83. The zero-order valence-electron chi connectivity index (χ0n) is 15.7. The van der Waals surface area contributed by atoms with E-state index in [2.05, 4.69) is 45.1 Å². The third kappa shape index (κ3) is 5.54. The highest BCUT2D eigenvalue weighted by Gasteiger charge is 2.21. The van der Waals surface area contributed by atoms with Gasteiger partial charge in [-0.1, -0.05) is 32.9 Å². The highest BCUT2D eigenvalue weighted by Crippen LogP contribution is 2.35. The molecule has 0 spiro atoms. The summed E-state index contributed by atoms with van der Waals surface area (Å²) < 4.78 is 5.58. The molecule has 1 N–H and O–H groups in total. The van der Waals surface area contributed by atoms with Crippen molar-refractivity contribution < 1.29 is 9.53 Å². The summed E-state index contributed by atoms with van der Waals surface area (Å²) in [5.41, 5.74) is 3.54. The number of amides is 1. The topological polar surface area (TPSA) is 41.6 Å². The second kappa shape index (κ2) is 8.34. The maximum absolute atomic E-state index is 12.2. The molecule has 0 fully saturated rings. The predicted molar refractivity (Wildman–Crippen MR) is 96.3 cm³/mol. The summed E-state index contributed by atoms with van der Waals surface area (Å²) in [4.78, 5) is 14.0. The van der Waals surface area contributed by atoms with Gasteiger partial charge in [0, 0.05) is 32.1 Å². The smallest absolute Gasteiger partial charge is 0.222 e. The fourth-order valence-corrected chi connectivity index (χ4v) is 2.67. The number of likely N-dealkylation sites (N-methyl/N-ethyl adjacent to an activating group) is 2. The summed E-state index contributed by atoms with van der Waals surface area (Å²) in [6, 6.07) is 4.32. The van der Waals surface area contributed by atoms with Crippen LogP contribution >= 0.6 is 0 Å². The van der Waals surface area contributed by atoms with Crippen LogP contribution in [0.25, 0.3) is 0 Å². The molecule has 0 saturated carbocycles. The molecule has 0 radical (unpaired) electrons. The predicted octanol–water partition coefficient (Wildman–Crippen LogP) is 2.91. The van der Waals surface area contributed by atoms with Gasteiger partial charge in [-0.2, -0.15) is 0 Å². The van der Waals surface area contributed by atoms with E-state index in [9.17, 15) is 4.79 Å². The minimum atomic E-state index is 0.0136. The summed E-state index contributed by atoms with van der Waals surface area (Å²) in [7, 11) is 5.48. The summed E-state index contributed by atoms with van der Waals surface area (Å²) in [6.45, 7) is 10.2. The van der Waals surface area contributed by atoms with Crippen LogP contribution in [-0.2, 0) is 16.6 Å². The normalized spacial score (nSPS) is 11.4. The fraction of sp³-hybridized carbons (Fsp3) is 0.632. The van der Waals surface area contributed by atoms with Crippen molar-refractivity contribution in [3.8, 4) is 5.75 Å². The van der Waals surface area contributed by atoms with Crippen molar-refractivity contribution in [3.63, 3.8) is 0 Å².